The van der Waals surface area contributed by atoms with Gasteiger partial charge >= 0.3 is 0 Å². The van der Waals surface area contributed by atoms with Crippen molar-refractivity contribution in [1.29, 1.82) is 0 Å². The molecule has 4 rings (SSSR count). The van der Waals surface area contributed by atoms with Crippen LogP contribution in [0.25, 0.3) is 0 Å². The summed E-state index contributed by atoms with van der Waals surface area (Å²) in [6, 6.07) is 2.60. The maximum atomic E-state index is 14.2. The molecule has 2 aliphatic rings. The molecule has 1 aromatic carbocycles. The van der Waals surface area contributed by atoms with Gasteiger partial charge in [-0.05, 0) is 50.9 Å². The second-order valence-electron chi connectivity index (χ2n) is 7.53. The summed E-state index contributed by atoms with van der Waals surface area (Å²) in [4.78, 5) is 2.16. The lowest BCUT2D eigenvalue weighted by Crippen LogP contribution is -2.33. The molecule has 0 bridgehead atoms. The van der Waals surface area contributed by atoms with Crippen LogP contribution in [-0.2, 0) is 19.5 Å². The van der Waals surface area contributed by atoms with Crippen molar-refractivity contribution in [3.8, 4) is 5.75 Å². The molecule has 5 nitrogen and oxygen atoms in total. The molecule has 146 valence electrons. The quantitative estimate of drug-likeness (QED) is 0.817. The van der Waals surface area contributed by atoms with Crippen molar-refractivity contribution in [3.63, 3.8) is 0 Å². The molecule has 0 amide bonds. The van der Waals surface area contributed by atoms with Crippen molar-refractivity contribution in [2.45, 2.75) is 57.5 Å². The first kappa shape index (κ1) is 18.3. The number of likely N-dealkylation sites (tertiary alicyclic amines) is 1. The number of methoxy groups -OCH3 is 1. The van der Waals surface area contributed by atoms with Crippen molar-refractivity contribution in [1.82, 2.24) is 19.7 Å². The van der Waals surface area contributed by atoms with Gasteiger partial charge in [-0.3, -0.25) is 4.90 Å². The van der Waals surface area contributed by atoms with E-state index < -0.39 is 11.6 Å². The van der Waals surface area contributed by atoms with E-state index in [0.29, 0.717) is 23.8 Å². The molecule has 1 fully saturated rings. The van der Waals surface area contributed by atoms with Gasteiger partial charge in [0, 0.05) is 31.0 Å². The highest BCUT2D eigenvalue weighted by Crippen LogP contribution is 2.31. The SMILES string of the molecule is COc1ccc(F)c(F)c1CN1CCC(c2nnc3n2CCCCC3)CC1. The Morgan fingerprint density at radius 2 is 1.89 bits per heavy atom. The lowest BCUT2D eigenvalue weighted by atomic mass is 9.95. The molecule has 7 heteroatoms. The van der Waals surface area contributed by atoms with Crippen LogP contribution in [0.15, 0.2) is 12.1 Å². The smallest absolute Gasteiger partial charge is 0.167 e. The molecule has 3 heterocycles. The van der Waals surface area contributed by atoms with Crippen LogP contribution in [-0.4, -0.2) is 39.9 Å². The van der Waals surface area contributed by atoms with Gasteiger partial charge in [0.25, 0.3) is 0 Å². The molecule has 0 radical (unpaired) electrons. The van der Waals surface area contributed by atoms with Gasteiger partial charge in [-0.2, -0.15) is 0 Å². The minimum atomic E-state index is -0.827. The number of hydrogen-bond acceptors (Lipinski definition) is 4. The van der Waals surface area contributed by atoms with Crippen LogP contribution in [0.1, 0.15) is 55.2 Å². The number of nitrogens with zero attached hydrogens (tertiary/aromatic N) is 4. The zero-order chi connectivity index (χ0) is 18.8. The summed E-state index contributed by atoms with van der Waals surface area (Å²) in [7, 11) is 1.49. The van der Waals surface area contributed by atoms with Gasteiger partial charge in [0.2, 0.25) is 0 Å². The Morgan fingerprint density at radius 3 is 2.67 bits per heavy atom. The molecule has 1 aromatic heterocycles. The Bertz CT molecular complexity index is 800. The largest absolute Gasteiger partial charge is 0.496 e. The van der Waals surface area contributed by atoms with Gasteiger partial charge in [0.15, 0.2) is 11.6 Å². The third-order valence-corrected chi connectivity index (χ3v) is 5.85. The Labute approximate surface area is 158 Å². The minimum absolute atomic E-state index is 0.298. The molecular weight excluding hydrogens is 350 g/mol. The maximum Gasteiger partial charge on any atom is 0.167 e. The van der Waals surface area contributed by atoms with Crippen LogP contribution in [0, 0.1) is 11.6 Å². The van der Waals surface area contributed by atoms with Gasteiger partial charge in [-0.1, -0.05) is 6.42 Å². The monoisotopic (exact) mass is 376 g/mol. The summed E-state index contributed by atoms with van der Waals surface area (Å²) in [5.74, 6) is 1.39. The number of rotatable bonds is 4. The average Bonchev–Trinajstić information content (AvgIpc) is 2.94. The van der Waals surface area contributed by atoms with E-state index in [1.54, 1.807) is 0 Å². The fraction of sp³-hybridized carbons (Fsp3) is 0.600. The fourth-order valence-electron chi connectivity index (χ4n) is 4.30. The number of ether oxygens (including phenoxy) is 1. The second-order valence-corrected chi connectivity index (χ2v) is 7.53. The van der Waals surface area contributed by atoms with Gasteiger partial charge in [-0.15, -0.1) is 10.2 Å². The van der Waals surface area contributed by atoms with E-state index in [4.69, 9.17) is 4.74 Å². The average molecular weight is 376 g/mol. The first-order chi connectivity index (χ1) is 13.2. The minimum Gasteiger partial charge on any atom is -0.496 e. The zero-order valence-electron chi connectivity index (χ0n) is 15.8. The molecule has 27 heavy (non-hydrogen) atoms. The Hall–Kier alpha value is -2.02. The Kier molecular flexibility index (Phi) is 5.38. The molecule has 0 aliphatic carbocycles. The highest BCUT2D eigenvalue weighted by Gasteiger charge is 2.28. The number of fused-ring (bicyclic) bond motifs is 1. The predicted octanol–water partition coefficient (Wildman–Crippen LogP) is 3.67. The molecular formula is C20H26F2N4O. The number of benzene rings is 1. The van der Waals surface area contributed by atoms with Gasteiger partial charge in [0.05, 0.1) is 7.11 Å². The normalized spacial score (nSPS) is 18.9. The van der Waals surface area contributed by atoms with E-state index in [1.165, 1.54) is 32.4 Å². The highest BCUT2D eigenvalue weighted by atomic mass is 19.2. The van der Waals surface area contributed by atoms with E-state index in [2.05, 4.69) is 19.7 Å². The number of aryl methyl sites for hydroxylation is 1. The lowest BCUT2D eigenvalue weighted by molar-refractivity contribution is 0.194. The van der Waals surface area contributed by atoms with Crippen LogP contribution in [0.3, 0.4) is 0 Å². The van der Waals surface area contributed by atoms with E-state index in [9.17, 15) is 8.78 Å². The molecule has 0 atom stereocenters. The first-order valence-corrected chi connectivity index (χ1v) is 9.82. The van der Waals surface area contributed by atoms with Crippen LogP contribution in [0.5, 0.6) is 5.75 Å². The third kappa shape index (κ3) is 3.70. The van der Waals surface area contributed by atoms with Crippen molar-refractivity contribution in [3.05, 3.63) is 41.0 Å². The molecule has 0 unspecified atom stereocenters. The van der Waals surface area contributed by atoms with E-state index in [-0.39, 0.29) is 0 Å². The summed E-state index contributed by atoms with van der Waals surface area (Å²) in [6.07, 6.45) is 6.56. The maximum absolute atomic E-state index is 14.2. The predicted molar refractivity (Wildman–Crippen MR) is 97.7 cm³/mol. The van der Waals surface area contributed by atoms with Gasteiger partial charge in [0.1, 0.15) is 17.4 Å². The van der Waals surface area contributed by atoms with Crippen LogP contribution in [0.4, 0.5) is 8.78 Å². The molecule has 2 aliphatic heterocycles. The number of hydrogen-bond donors (Lipinski definition) is 0. The van der Waals surface area contributed by atoms with E-state index in [1.807, 2.05) is 0 Å². The van der Waals surface area contributed by atoms with E-state index >= 15 is 0 Å². The topological polar surface area (TPSA) is 43.2 Å². The Morgan fingerprint density at radius 1 is 1.07 bits per heavy atom. The zero-order valence-corrected chi connectivity index (χ0v) is 15.8. The summed E-state index contributed by atoms with van der Waals surface area (Å²) in [6.45, 7) is 3.03. The Balaban J connectivity index is 1.43. The van der Waals surface area contributed by atoms with Crippen LogP contribution in [0.2, 0.25) is 0 Å². The standard InChI is InChI=1S/C20H26F2N4O/c1-27-17-7-6-16(21)19(22)15(17)13-25-11-8-14(9-12-25)20-24-23-18-5-3-2-4-10-26(18)20/h6-7,14H,2-5,8-13H2,1H3. The molecule has 0 saturated carbocycles. The van der Waals surface area contributed by atoms with E-state index in [0.717, 1.165) is 56.6 Å². The lowest BCUT2D eigenvalue weighted by Gasteiger charge is -2.32. The summed E-state index contributed by atoms with van der Waals surface area (Å²) in [5.41, 5.74) is 0.298. The van der Waals surface area contributed by atoms with Crippen molar-refractivity contribution in [2.24, 2.45) is 0 Å². The first-order valence-electron chi connectivity index (χ1n) is 9.82. The summed E-state index contributed by atoms with van der Waals surface area (Å²) in [5, 5.41) is 8.90. The summed E-state index contributed by atoms with van der Waals surface area (Å²) >= 11 is 0. The molecule has 2 aromatic rings. The third-order valence-electron chi connectivity index (χ3n) is 5.85. The number of aromatic nitrogens is 3. The van der Waals surface area contributed by atoms with Crippen molar-refractivity contribution < 1.29 is 13.5 Å². The molecule has 0 spiro atoms. The second kappa shape index (κ2) is 7.92. The molecule has 0 N–H and O–H groups in total. The van der Waals surface area contributed by atoms with Gasteiger partial charge < -0.3 is 9.30 Å². The summed E-state index contributed by atoms with van der Waals surface area (Å²) < 4.78 is 35.4. The van der Waals surface area contributed by atoms with Crippen LogP contribution >= 0.6 is 0 Å². The fourth-order valence-corrected chi connectivity index (χ4v) is 4.30. The van der Waals surface area contributed by atoms with Crippen molar-refractivity contribution >= 4 is 0 Å². The van der Waals surface area contributed by atoms with Crippen LogP contribution < -0.4 is 4.74 Å². The van der Waals surface area contributed by atoms with Crippen molar-refractivity contribution in [2.75, 3.05) is 20.2 Å². The van der Waals surface area contributed by atoms with Gasteiger partial charge in [-0.25, -0.2) is 8.78 Å². The highest BCUT2D eigenvalue weighted by molar-refractivity contribution is 5.35. The molecule has 1 saturated heterocycles. The number of halogens is 2. The number of piperidine rings is 1.